The van der Waals surface area contributed by atoms with Crippen LogP contribution in [0.3, 0.4) is 0 Å². The molecule has 3 amide bonds. The molecule has 1 aliphatic heterocycles. The number of nitrogens with one attached hydrogen (secondary N) is 2. The van der Waals surface area contributed by atoms with E-state index in [-0.39, 0.29) is 12.1 Å². The minimum absolute atomic E-state index is 0.179. The van der Waals surface area contributed by atoms with Gasteiger partial charge in [-0.05, 0) is 51.8 Å². The van der Waals surface area contributed by atoms with Gasteiger partial charge in [0, 0.05) is 30.4 Å². The standard InChI is InChI=1S/C17H26N4O4S/c1-17(2,3)26(24,25)20-13-7-9-21(10-8-13)16(23)19-14-6-4-5-12(11-14)15(18)22/h4-6,11,13,20H,7-10H2,1-3H3,(H2,18,22)(H,19,23). The fourth-order valence-corrected chi connectivity index (χ4v) is 3.58. The van der Waals surface area contributed by atoms with E-state index in [0.717, 1.165) is 0 Å². The molecule has 1 aromatic carbocycles. The van der Waals surface area contributed by atoms with Crippen LogP contribution in [0.4, 0.5) is 10.5 Å². The molecule has 2 rings (SSSR count). The van der Waals surface area contributed by atoms with E-state index in [1.54, 1.807) is 43.9 Å². The number of amides is 3. The van der Waals surface area contributed by atoms with E-state index in [9.17, 15) is 18.0 Å². The van der Waals surface area contributed by atoms with Crippen LogP contribution in [0.15, 0.2) is 24.3 Å². The number of anilines is 1. The second-order valence-electron chi connectivity index (χ2n) is 7.37. The van der Waals surface area contributed by atoms with Crippen molar-refractivity contribution in [3.63, 3.8) is 0 Å². The quantitative estimate of drug-likeness (QED) is 0.730. The Morgan fingerprint density at radius 2 is 1.81 bits per heavy atom. The Hall–Kier alpha value is -2.13. The molecular formula is C17H26N4O4S. The first-order valence-electron chi connectivity index (χ1n) is 8.47. The SMILES string of the molecule is CC(C)(C)S(=O)(=O)NC1CCN(C(=O)Nc2cccc(C(N)=O)c2)CC1. The summed E-state index contributed by atoms with van der Waals surface area (Å²) in [7, 11) is -3.41. The maximum atomic E-state index is 12.4. The molecular weight excluding hydrogens is 356 g/mol. The molecule has 26 heavy (non-hydrogen) atoms. The zero-order valence-corrected chi connectivity index (χ0v) is 16.1. The third-order valence-electron chi connectivity index (χ3n) is 4.31. The first-order chi connectivity index (χ1) is 12.0. The minimum atomic E-state index is -3.41. The zero-order chi connectivity index (χ0) is 19.5. The largest absolute Gasteiger partial charge is 0.366 e. The molecule has 0 aliphatic carbocycles. The first kappa shape index (κ1) is 20.2. The Labute approximate surface area is 154 Å². The Kier molecular flexibility index (Phi) is 5.92. The lowest BCUT2D eigenvalue weighted by Crippen LogP contribution is -2.50. The lowest BCUT2D eigenvalue weighted by atomic mass is 10.1. The van der Waals surface area contributed by atoms with Gasteiger partial charge < -0.3 is 16.0 Å². The number of carbonyl (C=O) groups excluding carboxylic acids is 2. The summed E-state index contributed by atoms with van der Waals surface area (Å²) in [6.45, 7) is 5.84. The highest BCUT2D eigenvalue weighted by molar-refractivity contribution is 7.90. The molecule has 0 bridgehead atoms. The number of hydrogen-bond acceptors (Lipinski definition) is 4. The van der Waals surface area contributed by atoms with Crippen LogP contribution in [-0.2, 0) is 10.0 Å². The van der Waals surface area contributed by atoms with Crippen LogP contribution in [0, 0.1) is 0 Å². The van der Waals surface area contributed by atoms with E-state index in [4.69, 9.17) is 5.73 Å². The summed E-state index contributed by atoms with van der Waals surface area (Å²) < 4.78 is 26.3. The number of carbonyl (C=O) groups is 2. The second kappa shape index (κ2) is 7.63. The van der Waals surface area contributed by atoms with Crippen LogP contribution in [-0.4, -0.2) is 49.1 Å². The van der Waals surface area contributed by atoms with Gasteiger partial charge in [-0.25, -0.2) is 17.9 Å². The van der Waals surface area contributed by atoms with Crippen molar-refractivity contribution in [3.8, 4) is 0 Å². The predicted molar refractivity (Wildman–Crippen MR) is 100 cm³/mol. The molecule has 8 nitrogen and oxygen atoms in total. The number of piperidine rings is 1. The molecule has 0 aromatic heterocycles. The summed E-state index contributed by atoms with van der Waals surface area (Å²) in [5, 5.41) is 2.73. The van der Waals surface area contributed by atoms with Crippen molar-refractivity contribution in [3.05, 3.63) is 29.8 Å². The maximum Gasteiger partial charge on any atom is 0.321 e. The fraction of sp³-hybridized carbons (Fsp3) is 0.529. The Bertz CT molecular complexity index is 778. The molecule has 0 saturated carbocycles. The van der Waals surface area contributed by atoms with Crippen LogP contribution in [0.5, 0.6) is 0 Å². The van der Waals surface area contributed by atoms with Crippen molar-refractivity contribution in [1.82, 2.24) is 9.62 Å². The van der Waals surface area contributed by atoms with E-state index >= 15 is 0 Å². The molecule has 1 fully saturated rings. The molecule has 0 unspecified atom stereocenters. The second-order valence-corrected chi connectivity index (χ2v) is 9.84. The highest BCUT2D eigenvalue weighted by Crippen LogP contribution is 2.19. The first-order valence-corrected chi connectivity index (χ1v) is 9.95. The number of benzene rings is 1. The van der Waals surface area contributed by atoms with Gasteiger partial charge in [0.15, 0.2) is 0 Å². The van der Waals surface area contributed by atoms with Gasteiger partial charge in [0.05, 0.1) is 4.75 Å². The molecule has 4 N–H and O–H groups in total. The van der Waals surface area contributed by atoms with Crippen LogP contribution in [0.1, 0.15) is 44.0 Å². The highest BCUT2D eigenvalue weighted by Gasteiger charge is 2.33. The fourth-order valence-electron chi connectivity index (χ4n) is 2.55. The summed E-state index contributed by atoms with van der Waals surface area (Å²) in [6, 6.07) is 5.94. The van der Waals surface area contributed by atoms with Crippen molar-refractivity contribution >= 4 is 27.6 Å². The number of nitrogens with two attached hydrogens (primary N) is 1. The summed E-state index contributed by atoms with van der Waals surface area (Å²) in [5.41, 5.74) is 6.04. The number of sulfonamides is 1. The topological polar surface area (TPSA) is 122 Å². The number of nitrogens with zero attached hydrogens (tertiary/aromatic N) is 1. The van der Waals surface area contributed by atoms with E-state index in [2.05, 4.69) is 10.0 Å². The van der Waals surface area contributed by atoms with E-state index in [1.165, 1.54) is 6.07 Å². The molecule has 0 radical (unpaired) electrons. The monoisotopic (exact) mass is 382 g/mol. The van der Waals surface area contributed by atoms with Crippen molar-refractivity contribution in [2.45, 2.75) is 44.4 Å². The van der Waals surface area contributed by atoms with Gasteiger partial charge >= 0.3 is 6.03 Å². The van der Waals surface area contributed by atoms with Gasteiger partial charge in [-0.15, -0.1) is 0 Å². The number of primary amides is 1. The molecule has 1 aromatic rings. The zero-order valence-electron chi connectivity index (χ0n) is 15.3. The van der Waals surface area contributed by atoms with Gasteiger partial charge in [-0.2, -0.15) is 0 Å². The Morgan fingerprint density at radius 3 is 2.35 bits per heavy atom. The van der Waals surface area contributed by atoms with Crippen LogP contribution >= 0.6 is 0 Å². The van der Waals surface area contributed by atoms with Crippen molar-refractivity contribution in [2.24, 2.45) is 5.73 Å². The van der Waals surface area contributed by atoms with Gasteiger partial charge in [-0.3, -0.25) is 4.79 Å². The third-order valence-corrected chi connectivity index (χ3v) is 6.56. The smallest absolute Gasteiger partial charge is 0.321 e. The predicted octanol–water partition coefficient (Wildman–Crippen LogP) is 1.50. The molecule has 144 valence electrons. The number of likely N-dealkylation sites (tertiary alicyclic amines) is 1. The third kappa shape index (κ3) is 4.95. The van der Waals surface area contributed by atoms with Crippen LogP contribution in [0.25, 0.3) is 0 Å². The Balaban J connectivity index is 1.91. The lowest BCUT2D eigenvalue weighted by Gasteiger charge is -2.33. The van der Waals surface area contributed by atoms with Crippen molar-refractivity contribution in [1.29, 1.82) is 0 Å². The van der Waals surface area contributed by atoms with Crippen molar-refractivity contribution < 1.29 is 18.0 Å². The maximum absolute atomic E-state index is 12.4. The number of hydrogen-bond donors (Lipinski definition) is 3. The Morgan fingerprint density at radius 1 is 1.19 bits per heavy atom. The normalized spacial score (nSPS) is 16.3. The van der Waals surface area contributed by atoms with Gasteiger partial charge in [0.25, 0.3) is 0 Å². The van der Waals surface area contributed by atoms with E-state index in [0.29, 0.717) is 37.2 Å². The molecule has 9 heteroatoms. The minimum Gasteiger partial charge on any atom is -0.366 e. The molecule has 1 aliphatic rings. The van der Waals surface area contributed by atoms with Gasteiger partial charge in [0.2, 0.25) is 15.9 Å². The summed E-state index contributed by atoms with van der Waals surface area (Å²) >= 11 is 0. The van der Waals surface area contributed by atoms with Gasteiger partial charge in [-0.1, -0.05) is 6.07 Å². The highest BCUT2D eigenvalue weighted by atomic mass is 32.2. The molecule has 1 heterocycles. The average molecular weight is 382 g/mol. The summed E-state index contributed by atoms with van der Waals surface area (Å²) in [4.78, 5) is 25.2. The summed E-state index contributed by atoms with van der Waals surface area (Å²) in [6.07, 6.45) is 1.09. The molecule has 0 atom stereocenters. The van der Waals surface area contributed by atoms with Crippen LogP contribution in [0.2, 0.25) is 0 Å². The van der Waals surface area contributed by atoms with Crippen molar-refractivity contribution in [2.75, 3.05) is 18.4 Å². The van der Waals surface area contributed by atoms with Crippen LogP contribution < -0.4 is 15.8 Å². The van der Waals surface area contributed by atoms with E-state index in [1.807, 2.05) is 0 Å². The molecule has 0 spiro atoms. The number of urea groups is 1. The number of rotatable bonds is 4. The van der Waals surface area contributed by atoms with Gasteiger partial charge in [0.1, 0.15) is 0 Å². The van der Waals surface area contributed by atoms with E-state index < -0.39 is 20.7 Å². The lowest BCUT2D eigenvalue weighted by molar-refractivity contribution is 0.1000. The molecule has 1 saturated heterocycles. The summed E-state index contributed by atoms with van der Waals surface area (Å²) in [5.74, 6) is -0.562. The average Bonchev–Trinajstić information content (AvgIpc) is 2.54.